The van der Waals surface area contributed by atoms with Crippen LogP contribution in [0.15, 0.2) is 48.7 Å². The second-order valence-electron chi connectivity index (χ2n) is 7.39. The number of pyridine rings is 1. The topological polar surface area (TPSA) is 60.0 Å². The number of hydrogen-bond donors (Lipinski definition) is 0. The van der Waals surface area contributed by atoms with Crippen molar-refractivity contribution in [3.05, 3.63) is 48.7 Å². The van der Waals surface area contributed by atoms with Gasteiger partial charge in [0.15, 0.2) is 0 Å². The van der Waals surface area contributed by atoms with Gasteiger partial charge in [-0.05, 0) is 36.4 Å². The number of carbonyl (C=O) groups excluding carboxylic acids is 2. The van der Waals surface area contributed by atoms with E-state index in [9.17, 15) is 9.59 Å². The molecular formula is C22H29N5O2. The molecule has 0 radical (unpaired) electrons. The monoisotopic (exact) mass is 395 g/mol. The normalized spacial score (nSPS) is 13.9. The van der Waals surface area contributed by atoms with E-state index in [4.69, 9.17) is 0 Å². The first kappa shape index (κ1) is 20.6. The van der Waals surface area contributed by atoms with Crippen LogP contribution in [0.25, 0.3) is 0 Å². The summed E-state index contributed by atoms with van der Waals surface area (Å²) in [6.07, 6.45) is 2.10. The summed E-state index contributed by atoms with van der Waals surface area (Å²) in [5.41, 5.74) is 1.88. The third kappa shape index (κ3) is 5.25. The highest BCUT2D eigenvalue weighted by Gasteiger charge is 2.23. The van der Waals surface area contributed by atoms with Gasteiger partial charge in [0.2, 0.25) is 11.8 Å². The molecule has 2 heterocycles. The highest BCUT2D eigenvalue weighted by atomic mass is 16.2. The summed E-state index contributed by atoms with van der Waals surface area (Å²) < 4.78 is 0. The van der Waals surface area contributed by atoms with Crippen LogP contribution in [0, 0.1) is 0 Å². The number of aromatic nitrogens is 1. The summed E-state index contributed by atoms with van der Waals surface area (Å²) in [5, 5.41) is 0. The molecule has 7 nitrogen and oxygen atoms in total. The molecule has 1 aliphatic rings. The Balaban J connectivity index is 1.54. The third-order valence-electron chi connectivity index (χ3n) is 5.21. The Morgan fingerprint density at radius 3 is 2.17 bits per heavy atom. The summed E-state index contributed by atoms with van der Waals surface area (Å²) in [6, 6.07) is 13.7. The van der Waals surface area contributed by atoms with Crippen molar-refractivity contribution < 1.29 is 9.59 Å². The SMILES string of the molecule is CC(=O)N(CCC(=O)N1CCN(c2ccccn2)CC1)c1ccc(N(C)C)cc1. The van der Waals surface area contributed by atoms with Gasteiger partial charge in [0.25, 0.3) is 0 Å². The van der Waals surface area contributed by atoms with E-state index in [2.05, 4.69) is 9.88 Å². The highest BCUT2D eigenvalue weighted by molar-refractivity contribution is 5.92. The van der Waals surface area contributed by atoms with Gasteiger partial charge in [0.05, 0.1) is 0 Å². The lowest BCUT2D eigenvalue weighted by atomic mass is 10.2. The van der Waals surface area contributed by atoms with Crippen LogP contribution in [0.4, 0.5) is 17.2 Å². The predicted molar refractivity (Wildman–Crippen MR) is 116 cm³/mol. The summed E-state index contributed by atoms with van der Waals surface area (Å²) >= 11 is 0. The highest BCUT2D eigenvalue weighted by Crippen LogP contribution is 2.20. The Hall–Kier alpha value is -3.09. The van der Waals surface area contributed by atoms with Crippen LogP contribution in [0.3, 0.4) is 0 Å². The van der Waals surface area contributed by atoms with Gasteiger partial charge < -0.3 is 19.6 Å². The molecule has 0 aliphatic carbocycles. The van der Waals surface area contributed by atoms with Gasteiger partial charge >= 0.3 is 0 Å². The van der Waals surface area contributed by atoms with Crippen molar-refractivity contribution in [1.82, 2.24) is 9.88 Å². The number of nitrogens with zero attached hydrogens (tertiary/aromatic N) is 5. The number of benzene rings is 1. The minimum absolute atomic E-state index is 0.0598. The van der Waals surface area contributed by atoms with E-state index in [-0.39, 0.29) is 11.8 Å². The summed E-state index contributed by atoms with van der Waals surface area (Å²) in [4.78, 5) is 36.9. The van der Waals surface area contributed by atoms with E-state index in [0.717, 1.165) is 30.3 Å². The molecule has 2 aromatic rings. The lowest BCUT2D eigenvalue weighted by molar-refractivity contribution is -0.131. The fraction of sp³-hybridized carbons (Fsp3) is 0.409. The quantitative estimate of drug-likeness (QED) is 0.751. The van der Waals surface area contributed by atoms with E-state index in [0.29, 0.717) is 26.1 Å². The van der Waals surface area contributed by atoms with Gasteiger partial charge in [0, 0.05) is 77.7 Å². The molecule has 154 valence electrons. The number of anilines is 3. The van der Waals surface area contributed by atoms with E-state index in [1.165, 1.54) is 6.92 Å². The fourth-order valence-corrected chi connectivity index (χ4v) is 3.49. The first-order chi connectivity index (χ1) is 14.0. The van der Waals surface area contributed by atoms with Gasteiger partial charge in [0.1, 0.15) is 5.82 Å². The van der Waals surface area contributed by atoms with Gasteiger partial charge in [-0.25, -0.2) is 4.98 Å². The van der Waals surface area contributed by atoms with Crippen LogP contribution >= 0.6 is 0 Å². The number of hydrogen-bond acceptors (Lipinski definition) is 5. The molecule has 2 amide bonds. The molecule has 0 unspecified atom stereocenters. The van der Waals surface area contributed by atoms with E-state index < -0.39 is 0 Å². The maximum absolute atomic E-state index is 12.7. The van der Waals surface area contributed by atoms with Crippen molar-refractivity contribution >= 4 is 29.0 Å². The van der Waals surface area contributed by atoms with Crippen molar-refractivity contribution in [2.45, 2.75) is 13.3 Å². The average Bonchev–Trinajstić information content (AvgIpc) is 2.74. The van der Waals surface area contributed by atoms with Gasteiger partial charge in [-0.3, -0.25) is 9.59 Å². The second kappa shape index (κ2) is 9.41. The van der Waals surface area contributed by atoms with Gasteiger partial charge in [-0.15, -0.1) is 0 Å². The van der Waals surface area contributed by atoms with Crippen molar-refractivity contribution in [3.8, 4) is 0 Å². The van der Waals surface area contributed by atoms with Gasteiger partial charge in [-0.1, -0.05) is 6.07 Å². The average molecular weight is 396 g/mol. The second-order valence-corrected chi connectivity index (χ2v) is 7.39. The Bertz CT molecular complexity index is 815. The first-order valence-corrected chi connectivity index (χ1v) is 9.95. The maximum Gasteiger partial charge on any atom is 0.224 e. The van der Waals surface area contributed by atoms with Crippen LogP contribution in [-0.2, 0) is 9.59 Å². The number of piperazine rings is 1. The Labute approximate surface area is 172 Å². The maximum atomic E-state index is 12.7. The molecule has 0 spiro atoms. The standard InChI is InChI=1S/C22H29N5O2/c1-18(28)27(20-9-7-19(8-10-20)24(2)3)13-11-22(29)26-16-14-25(15-17-26)21-6-4-5-12-23-21/h4-10,12H,11,13-17H2,1-3H3. The lowest BCUT2D eigenvalue weighted by Gasteiger charge is -2.35. The minimum Gasteiger partial charge on any atom is -0.378 e. The zero-order chi connectivity index (χ0) is 20.8. The molecule has 0 saturated carbocycles. The predicted octanol–water partition coefficient (Wildman–Crippen LogP) is 2.24. The molecule has 0 atom stereocenters. The van der Waals surface area contributed by atoms with Crippen LogP contribution in [0.5, 0.6) is 0 Å². The molecule has 1 aromatic heterocycles. The number of carbonyl (C=O) groups is 2. The number of rotatable bonds is 6. The number of amides is 2. The lowest BCUT2D eigenvalue weighted by Crippen LogP contribution is -2.49. The first-order valence-electron chi connectivity index (χ1n) is 9.95. The largest absolute Gasteiger partial charge is 0.378 e. The molecule has 1 aliphatic heterocycles. The summed E-state index contributed by atoms with van der Waals surface area (Å²) in [6.45, 7) is 4.81. The zero-order valence-corrected chi connectivity index (χ0v) is 17.4. The Morgan fingerprint density at radius 1 is 0.966 bits per heavy atom. The molecular weight excluding hydrogens is 366 g/mol. The van der Waals surface area contributed by atoms with Crippen LogP contribution in [0.2, 0.25) is 0 Å². The van der Waals surface area contributed by atoms with Crippen LogP contribution in [-0.4, -0.2) is 68.5 Å². The van der Waals surface area contributed by atoms with Crippen molar-refractivity contribution in [2.75, 3.05) is 61.5 Å². The Kier molecular flexibility index (Phi) is 6.69. The summed E-state index contributed by atoms with van der Waals surface area (Å²) in [7, 11) is 3.95. The van der Waals surface area contributed by atoms with Crippen molar-refractivity contribution in [2.24, 2.45) is 0 Å². The van der Waals surface area contributed by atoms with Crippen molar-refractivity contribution in [3.63, 3.8) is 0 Å². The summed E-state index contributed by atoms with van der Waals surface area (Å²) in [5.74, 6) is 0.973. The molecule has 3 rings (SSSR count). The smallest absolute Gasteiger partial charge is 0.224 e. The van der Waals surface area contributed by atoms with Gasteiger partial charge in [-0.2, -0.15) is 0 Å². The molecule has 0 N–H and O–H groups in total. The Morgan fingerprint density at radius 2 is 1.62 bits per heavy atom. The molecule has 1 fully saturated rings. The fourth-order valence-electron chi connectivity index (χ4n) is 3.49. The zero-order valence-electron chi connectivity index (χ0n) is 17.4. The molecule has 1 aromatic carbocycles. The molecule has 29 heavy (non-hydrogen) atoms. The van der Waals surface area contributed by atoms with Crippen LogP contribution < -0.4 is 14.7 Å². The minimum atomic E-state index is -0.0598. The van der Waals surface area contributed by atoms with E-state index in [1.54, 1.807) is 11.1 Å². The molecule has 0 bridgehead atoms. The molecule has 1 saturated heterocycles. The van der Waals surface area contributed by atoms with Crippen LogP contribution in [0.1, 0.15) is 13.3 Å². The van der Waals surface area contributed by atoms with E-state index in [1.807, 2.05) is 66.4 Å². The molecule has 7 heteroatoms. The van der Waals surface area contributed by atoms with E-state index >= 15 is 0 Å². The van der Waals surface area contributed by atoms with Crippen molar-refractivity contribution in [1.29, 1.82) is 0 Å². The third-order valence-corrected chi connectivity index (χ3v) is 5.21.